The van der Waals surface area contributed by atoms with Crippen LogP contribution in [0.3, 0.4) is 0 Å². The molecule has 0 N–H and O–H groups in total. The molecule has 0 bridgehead atoms. The Morgan fingerprint density at radius 1 is 1.53 bits per heavy atom. The second kappa shape index (κ2) is 3.86. The van der Waals surface area contributed by atoms with Gasteiger partial charge in [0.15, 0.2) is 0 Å². The fraction of sp³-hybridized carbons (Fsp3) is 0.200. The average molecular weight is 379 g/mol. The summed E-state index contributed by atoms with van der Waals surface area (Å²) in [5, 5.41) is 5.21. The van der Waals surface area contributed by atoms with Crippen molar-refractivity contribution in [2.24, 2.45) is 0 Å². The summed E-state index contributed by atoms with van der Waals surface area (Å²) in [5.74, 6) is -0.0651. The zero-order chi connectivity index (χ0) is 11.2. The first-order valence-electron chi connectivity index (χ1n) is 4.36. The van der Waals surface area contributed by atoms with Crippen LogP contribution in [-0.2, 0) is 0 Å². The van der Waals surface area contributed by atoms with Gasteiger partial charge in [-0.1, -0.05) is 15.9 Å². The highest BCUT2D eigenvalue weighted by Crippen LogP contribution is 2.27. The van der Waals surface area contributed by atoms with Crippen LogP contribution < -0.4 is 0 Å². The fourth-order valence-electron chi connectivity index (χ4n) is 1.44. The van der Waals surface area contributed by atoms with Crippen LogP contribution in [0.4, 0.5) is 0 Å². The molecule has 1 heterocycles. The van der Waals surface area contributed by atoms with E-state index in [0.29, 0.717) is 0 Å². The molecule has 5 heteroatoms. The first-order chi connectivity index (χ1) is 7.00. The molecule has 0 aliphatic heterocycles. The Morgan fingerprint density at radius 3 is 2.80 bits per heavy atom. The third-order valence-electron chi connectivity index (χ3n) is 2.21. The normalized spacial score (nSPS) is 10.9. The number of rotatable bonds is 0. The molecule has 15 heavy (non-hydrogen) atoms. The standard InChI is InChI=1S/C10H8BrIN2O/c1-5-3-9-7(4-8(5)11)10(12)13-14(9)6(2)15/h3-4H,1-2H3. The number of carbonyl (C=O) groups is 1. The van der Waals surface area contributed by atoms with Crippen LogP contribution >= 0.6 is 38.5 Å². The highest BCUT2D eigenvalue weighted by atomic mass is 127. The van der Waals surface area contributed by atoms with Gasteiger partial charge >= 0.3 is 0 Å². The number of carbonyl (C=O) groups excluding carboxylic acids is 1. The van der Waals surface area contributed by atoms with Crippen molar-refractivity contribution in [3.8, 4) is 0 Å². The van der Waals surface area contributed by atoms with Gasteiger partial charge < -0.3 is 0 Å². The molecule has 0 unspecified atom stereocenters. The summed E-state index contributed by atoms with van der Waals surface area (Å²) in [6.07, 6.45) is 0. The molecule has 78 valence electrons. The summed E-state index contributed by atoms with van der Waals surface area (Å²) in [4.78, 5) is 11.4. The maximum Gasteiger partial charge on any atom is 0.244 e. The molecule has 3 nitrogen and oxygen atoms in total. The third-order valence-corrected chi connectivity index (χ3v) is 3.86. The van der Waals surface area contributed by atoms with Crippen LogP contribution in [0.5, 0.6) is 0 Å². The van der Waals surface area contributed by atoms with E-state index in [0.717, 1.165) is 24.6 Å². The van der Waals surface area contributed by atoms with Gasteiger partial charge in [0.1, 0.15) is 3.70 Å². The van der Waals surface area contributed by atoms with Crippen LogP contribution in [0, 0.1) is 10.6 Å². The minimum absolute atomic E-state index is 0.0651. The summed E-state index contributed by atoms with van der Waals surface area (Å²) in [6, 6.07) is 3.97. The van der Waals surface area contributed by atoms with Gasteiger partial charge in [-0.2, -0.15) is 9.78 Å². The van der Waals surface area contributed by atoms with Crippen LogP contribution in [0.1, 0.15) is 17.3 Å². The Hall–Kier alpha value is -0.430. The second-order valence-corrected chi connectivity index (χ2v) is 5.22. The Kier molecular flexibility index (Phi) is 2.85. The lowest BCUT2D eigenvalue weighted by atomic mass is 10.2. The van der Waals surface area contributed by atoms with Crippen molar-refractivity contribution in [2.45, 2.75) is 13.8 Å². The minimum atomic E-state index is -0.0651. The van der Waals surface area contributed by atoms with Gasteiger partial charge in [-0.05, 0) is 47.2 Å². The predicted molar refractivity (Wildman–Crippen MR) is 71.2 cm³/mol. The van der Waals surface area contributed by atoms with Crippen LogP contribution in [0.25, 0.3) is 10.9 Å². The molecule has 0 radical (unpaired) electrons. The molecule has 2 aromatic rings. The average Bonchev–Trinajstić information content (AvgIpc) is 2.45. The quantitative estimate of drug-likeness (QED) is 0.659. The molecular formula is C10H8BrIN2O. The fourth-order valence-corrected chi connectivity index (χ4v) is 2.43. The van der Waals surface area contributed by atoms with Crippen molar-refractivity contribution in [2.75, 3.05) is 0 Å². The molecule has 0 aliphatic rings. The van der Waals surface area contributed by atoms with Gasteiger partial charge in [0, 0.05) is 16.8 Å². The minimum Gasteiger partial charge on any atom is -0.273 e. The first kappa shape index (κ1) is 11.1. The first-order valence-corrected chi connectivity index (χ1v) is 6.23. The summed E-state index contributed by atoms with van der Waals surface area (Å²) in [7, 11) is 0. The highest BCUT2D eigenvalue weighted by molar-refractivity contribution is 14.1. The van der Waals surface area contributed by atoms with Crippen molar-refractivity contribution < 1.29 is 4.79 Å². The molecule has 0 atom stereocenters. The summed E-state index contributed by atoms with van der Waals surface area (Å²) in [6.45, 7) is 3.51. The highest BCUT2D eigenvalue weighted by Gasteiger charge is 2.12. The molecule has 2 rings (SSSR count). The van der Waals surface area contributed by atoms with Gasteiger partial charge in [0.2, 0.25) is 5.91 Å². The zero-order valence-electron chi connectivity index (χ0n) is 8.21. The molecule has 0 amide bonds. The second-order valence-electron chi connectivity index (χ2n) is 3.34. The number of aromatic nitrogens is 2. The Morgan fingerprint density at radius 2 is 2.20 bits per heavy atom. The number of hydrogen-bond acceptors (Lipinski definition) is 2. The van der Waals surface area contributed by atoms with E-state index in [1.54, 1.807) is 0 Å². The topological polar surface area (TPSA) is 34.9 Å². The molecule has 1 aromatic carbocycles. The van der Waals surface area contributed by atoms with E-state index in [1.165, 1.54) is 11.6 Å². The van der Waals surface area contributed by atoms with Crippen molar-refractivity contribution in [3.63, 3.8) is 0 Å². The largest absolute Gasteiger partial charge is 0.273 e. The Labute approximate surface area is 109 Å². The monoisotopic (exact) mass is 378 g/mol. The number of hydrogen-bond donors (Lipinski definition) is 0. The molecular weight excluding hydrogens is 371 g/mol. The van der Waals surface area contributed by atoms with Gasteiger partial charge in [-0.25, -0.2) is 0 Å². The van der Waals surface area contributed by atoms with E-state index in [-0.39, 0.29) is 5.91 Å². The lowest BCUT2D eigenvalue weighted by molar-refractivity contribution is 0.0926. The predicted octanol–water partition coefficient (Wildman–Crippen LogP) is 3.37. The Balaban J connectivity index is 2.88. The van der Waals surface area contributed by atoms with Crippen molar-refractivity contribution in [1.82, 2.24) is 9.78 Å². The molecule has 0 saturated heterocycles. The maximum absolute atomic E-state index is 11.4. The third kappa shape index (κ3) is 1.82. The van der Waals surface area contributed by atoms with Crippen molar-refractivity contribution in [3.05, 3.63) is 25.9 Å². The SMILES string of the molecule is CC(=O)n1nc(I)c2cc(Br)c(C)cc21. The Bertz CT molecular complexity index is 562. The van der Waals surface area contributed by atoms with Gasteiger partial charge in [-0.15, -0.1) is 0 Å². The molecule has 0 saturated carbocycles. The van der Waals surface area contributed by atoms with E-state index < -0.39 is 0 Å². The van der Waals surface area contributed by atoms with Crippen molar-refractivity contribution in [1.29, 1.82) is 0 Å². The van der Waals surface area contributed by atoms with Crippen molar-refractivity contribution >= 4 is 55.3 Å². The zero-order valence-corrected chi connectivity index (χ0v) is 12.0. The van der Waals surface area contributed by atoms with E-state index in [9.17, 15) is 4.79 Å². The van der Waals surface area contributed by atoms with Gasteiger partial charge in [0.25, 0.3) is 0 Å². The van der Waals surface area contributed by atoms with E-state index in [2.05, 4.69) is 43.6 Å². The van der Waals surface area contributed by atoms with Crippen LogP contribution in [0.2, 0.25) is 0 Å². The van der Waals surface area contributed by atoms with Gasteiger partial charge in [-0.3, -0.25) is 4.79 Å². The number of fused-ring (bicyclic) bond motifs is 1. The maximum atomic E-state index is 11.4. The molecule has 0 spiro atoms. The molecule has 1 aromatic heterocycles. The number of nitrogens with zero attached hydrogens (tertiary/aromatic N) is 2. The lowest BCUT2D eigenvalue weighted by Gasteiger charge is -2.00. The number of benzene rings is 1. The smallest absolute Gasteiger partial charge is 0.244 e. The summed E-state index contributed by atoms with van der Waals surface area (Å²) in [5.41, 5.74) is 1.97. The summed E-state index contributed by atoms with van der Waals surface area (Å²) >= 11 is 5.61. The van der Waals surface area contributed by atoms with Crippen LogP contribution in [0.15, 0.2) is 16.6 Å². The van der Waals surface area contributed by atoms with E-state index in [1.807, 2.05) is 19.1 Å². The van der Waals surface area contributed by atoms with E-state index in [4.69, 9.17) is 0 Å². The van der Waals surface area contributed by atoms with Gasteiger partial charge in [0.05, 0.1) is 5.52 Å². The lowest BCUT2D eigenvalue weighted by Crippen LogP contribution is -2.07. The molecule has 0 aliphatic carbocycles. The van der Waals surface area contributed by atoms with E-state index >= 15 is 0 Å². The number of aryl methyl sites for hydroxylation is 1. The number of halogens is 2. The summed E-state index contributed by atoms with van der Waals surface area (Å²) < 4.78 is 3.32. The van der Waals surface area contributed by atoms with Crippen LogP contribution in [-0.4, -0.2) is 15.7 Å². The molecule has 0 fully saturated rings.